The average molecular weight is 273 g/mol. The molecule has 1 heterocycles. The topological polar surface area (TPSA) is 21.3 Å². The summed E-state index contributed by atoms with van der Waals surface area (Å²) in [4.78, 5) is 0. The third-order valence-electron chi connectivity index (χ3n) is 5.11. The predicted octanol–water partition coefficient (Wildman–Crippen LogP) is 4.24. The van der Waals surface area contributed by atoms with E-state index in [-0.39, 0.29) is 0 Å². The van der Waals surface area contributed by atoms with Gasteiger partial charge in [-0.1, -0.05) is 38.3 Å². The Morgan fingerprint density at radius 2 is 2.05 bits per heavy atom. The first kappa shape index (κ1) is 13.9. The molecule has 0 saturated heterocycles. The van der Waals surface area contributed by atoms with Gasteiger partial charge in [0.05, 0.1) is 6.61 Å². The fourth-order valence-corrected chi connectivity index (χ4v) is 3.58. The fraction of sp³-hybridized carbons (Fsp3) is 0.667. The monoisotopic (exact) mass is 273 g/mol. The zero-order valence-electron chi connectivity index (χ0n) is 12.9. The molecular formula is C18H27NO. The lowest BCUT2D eigenvalue weighted by Gasteiger charge is -2.35. The van der Waals surface area contributed by atoms with E-state index in [0.29, 0.717) is 11.5 Å². The molecule has 0 radical (unpaired) electrons. The van der Waals surface area contributed by atoms with Crippen molar-refractivity contribution in [3.63, 3.8) is 0 Å². The number of hydrogen-bond acceptors (Lipinski definition) is 2. The highest BCUT2D eigenvalue weighted by molar-refractivity contribution is 5.40. The van der Waals surface area contributed by atoms with E-state index in [1.165, 1.54) is 43.2 Å². The minimum atomic E-state index is 0.430. The first-order valence-electron chi connectivity index (χ1n) is 8.15. The van der Waals surface area contributed by atoms with Crippen molar-refractivity contribution < 1.29 is 4.74 Å². The van der Waals surface area contributed by atoms with Crippen molar-refractivity contribution in [1.29, 1.82) is 0 Å². The highest BCUT2D eigenvalue weighted by Crippen LogP contribution is 2.35. The smallest absolute Gasteiger partial charge is 0.122 e. The van der Waals surface area contributed by atoms with Crippen LogP contribution in [0.4, 0.5) is 0 Å². The second kappa shape index (κ2) is 5.77. The van der Waals surface area contributed by atoms with Gasteiger partial charge >= 0.3 is 0 Å². The van der Waals surface area contributed by atoms with Crippen LogP contribution in [-0.4, -0.2) is 13.2 Å². The van der Waals surface area contributed by atoms with Crippen LogP contribution in [0, 0.1) is 5.41 Å². The first-order valence-corrected chi connectivity index (χ1v) is 8.15. The molecule has 2 aliphatic rings. The van der Waals surface area contributed by atoms with Crippen LogP contribution < -0.4 is 10.1 Å². The zero-order chi connectivity index (χ0) is 14.0. The summed E-state index contributed by atoms with van der Waals surface area (Å²) in [6.45, 7) is 6.71. The van der Waals surface area contributed by atoms with E-state index in [4.69, 9.17) is 4.74 Å². The van der Waals surface area contributed by atoms with E-state index < -0.39 is 0 Å². The van der Waals surface area contributed by atoms with Gasteiger partial charge in [-0.25, -0.2) is 0 Å². The van der Waals surface area contributed by atoms with Gasteiger partial charge in [0.1, 0.15) is 5.75 Å². The molecule has 2 nitrogen and oxygen atoms in total. The molecule has 3 rings (SSSR count). The van der Waals surface area contributed by atoms with Crippen molar-refractivity contribution >= 4 is 0 Å². The summed E-state index contributed by atoms with van der Waals surface area (Å²) < 4.78 is 5.58. The summed E-state index contributed by atoms with van der Waals surface area (Å²) in [6.07, 6.45) is 8.06. The molecule has 2 heteroatoms. The molecule has 0 bridgehead atoms. The second-order valence-corrected chi connectivity index (χ2v) is 6.94. The van der Waals surface area contributed by atoms with Crippen molar-refractivity contribution in [2.24, 2.45) is 5.41 Å². The average Bonchev–Trinajstić information content (AvgIpc) is 2.93. The van der Waals surface area contributed by atoms with Gasteiger partial charge in [0.15, 0.2) is 0 Å². The Hall–Kier alpha value is -1.02. The maximum Gasteiger partial charge on any atom is 0.122 e. The molecule has 1 aliphatic heterocycles. The Morgan fingerprint density at radius 1 is 1.25 bits per heavy atom. The summed E-state index contributed by atoms with van der Waals surface area (Å²) in [5.41, 5.74) is 3.28. The van der Waals surface area contributed by atoms with Gasteiger partial charge < -0.3 is 10.1 Å². The largest absolute Gasteiger partial charge is 0.493 e. The van der Waals surface area contributed by atoms with E-state index in [1.54, 1.807) is 0 Å². The Labute approximate surface area is 122 Å². The Morgan fingerprint density at radius 3 is 2.85 bits per heavy atom. The lowest BCUT2D eigenvalue weighted by atomic mass is 9.75. The fourth-order valence-electron chi connectivity index (χ4n) is 3.58. The van der Waals surface area contributed by atoms with Crippen molar-refractivity contribution in [2.75, 3.05) is 13.2 Å². The summed E-state index contributed by atoms with van der Waals surface area (Å²) >= 11 is 0. The molecule has 1 atom stereocenters. The molecule has 1 fully saturated rings. The van der Waals surface area contributed by atoms with Crippen LogP contribution in [0.5, 0.6) is 5.75 Å². The number of hydrogen-bond donors (Lipinski definition) is 1. The molecule has 1 saturated carbocycles. The van der Waals surface area contributed by atoms with Crippen molar-refractivity contribution in [3.8, 4) is 5.75 Å². The lowest BCUT2D eigenvalue weighted by molar-refractivity contribution is 0.202. The van der Waals surface area contributed by atoms with E-state index in [0.717, 1.165) is 25.3 Å². The maximum atomic E-state index is 5.58. The third-order valence-corrected chi connectivity index (χ3v) is 5.11. The molecular weight excluding hydrogens is 246 g/mol. The number of rotatable bonds is 4. The quantitative estimate of drug-likeness (QED) is 0.886. The molecule has 20 heavy (non-hydrogen) atoms. The SMILES string of the molecule is CC(NCC1(C)CCCCC1)c1ccc2c(c1)CCO2. The first-order chi connectivity index (χ1) is 9.66. The van der Waals surface area contributed by atoms with Gasteiger partial charge in [0.2, 0.25) is 0 Å². The van der Waals surface area contributed by atoms with Crippen molar-refractivity contribution in [3.05, 3.63) is 29.3 Å². The summed E-state index contributed by atoms with van der Waals surface area (Å²) in [5.74, 6) is 1.08. The molecule has 1 aromatic rings. The number of ether oxygens (including phenoxy) is 1. The van der Waals surface area contributed by atoms with Crippen LogP contribution in [0.25, 0.3) is 0 Å². The van der Waals surface area contributed by atoms with Crippen molar-refractivity contribution in [2.45, 2.75) is 58.4 Å². The Balaban J connectivity index is 1.60. The minimum Gasteiger partial charge on any atom is -0.493 e. The van der Waals surface area contributed by atoms with Crippen LogP contribution in [0.15, 0.2) is 18.2 Å². The molecule has 0 spiro atoms. The van der Waals surface area contributed by atoms with E-state index in [9.17, 15) is 0 Å². The number of nitrogens with one attached hydrogen (secondary N) is 1. The highest BCUT2D eigenvalue weighted by Gasteiger charge is 2.27. The van der Waals surface area contributed by atoms with Crippen LogP contribution in [0.1, 0.15) is 63.1 Å². The van der Waals surface area contributed by atoms with Crippen molar-refractivity contribution in [1.82, 2.24) is 5.32 Å². The van der Waals surface area contributed by atoms with Gasteiger partial charge in [0, 0.05) is 19.0 Å². The number of fused-ring (bicyclic) bond motifs is 1. The van der Waals surface area contributed by atoms with Crippen LogP contribution in [-0.2, 0) is 6.42 Å². The standard InChI is InChI=1S/C18H27NO/c1-14(19-13-18(2)9-4-3-5-10-18)15-6-7-17-16(12-15)8-11-20-17/h6-7,12,14,19H,3-5,8-11,13H2,1-2H3. The van der Waals surface area contributed by atoms with E-state index in [2.05, 4.69) is 37.4 Å². The number of benzene rings is 1. The van der Waals surface area contributed by atoms with E-state index in [1.807, 2.05) is 0 Å². The minimum absolute atomic E-state index is 0.430. The summed E-state index contributed by atoms with van der Waals surface area (Å²) in [7, 11) is 0. The van der Waals surface area contributed by atoms with Crippen LogP contribution in [0.3, 0.4) is 0 Å². The Bertz CT molecular complexity index is 462. The van der Waals surface area contributed by atoms with E-state index >= 15 is 0 Å². The Kier molecular flexibility index (Phi) is 4.02. The molecule has 0 amide bonds. The normalized spacial score (nSPS) is 22.1. The van der Waals surface area contributed by atoms with Gasteiger partial charge in [-0.2, -0.15) is 0 Å². The van der Waals surface area contributed by atoms with Crippen LogP contribution >= 0.6 is 0 Å². The summed E-state index contributed by atoms with van der Waals surface area (Å²) in [5, 5.41) is 3.76. The second-order valence-electron chi connectivity index (χ2n) is 6.94. The molecule has 110 valence electrons. The lowest BCUT2D eigenvalue weighted by Crippen LogP contribution is -2.35. The zero-order valence-corrected chi connectivity index (χ0v) is 12.9. The predicted molar refractivity (Wildman–Crippen MR) is 83.3 cm³/mol. The van der Waals surface area contributed by atoms with Gasteiger partial charge in [-0.05, 0) is 42.4 Å². The maximum absolute atomic E-state index is 5.58. The molecule has 1 unspecified atom stereocenters. The molecule has 1 aromatic carbocycles. The van der Waals surface area contributed by atoms with Gasteiger partial charge in [-0.15, -0.1) is 0 Å². The van der Waals surface area contributed by atoms with Gasteiger partial charge in [-0.3, -0.25) is 0 Å². The highest BCUT2D eigenvalue weighted by atomic mass is 16.5. The summed E-state index contributed by atoms with van der Waals surface area (Å²) in [6, 6.07) is 7.10. The third kappa shape index (κ3) is 3.01. The molecule has 0 aromatic heterocycles. The molecule has 1 aliphatic carbocycles. The van der Waals surface area contributed by atoms with Gasteiger partial charge in [0.25, 0.3) is 0 Å². The van der Waals surface area contributed by atoms with Crippen LogP contribution in [0.2, 0.25) is 0 Å². The molecule has 1 N–H and O–H groups in total.